The molecule has 8 nitrogen and oxygen atoms in total. The van der Waals surface area contributed by atoms with Crippen LogP contribution in [0.5, 0.6) is 11.5 Å². The van der Waals surface area contributed by atoms with Crippen LogP contribution < -0.4 is 10.1 Å². The van der Waals surface area contributed by atoms with Gasteiger partial charge in [0.25, 0.3) is 0 Å². The molecular weight excluding hydrogens is 428 g/mol. The highest BCUT2D eigenvalue weighted by Crippen LogP contribution is 2.34. The first-order valence-electron chi connectivity index (χ1n) is 8.99. The van der Waals surface area contributed by atoms with Gasteiger partial charge in [-0.3, -0.25) is 0 Å². The minimum absolute atomic E-state index is 0.0153. The molecule has 0 unspecified atom stereocenters. The van der Waals surface area contributed by atoms with E-state index in [1.165, 1.54) is 24.9 Å². The van der Waals surface area contributed by atoms with E-state index >= 15 is 4.39 Å². The van der Waals surface area contributed by atoms with Gasteiger partial charge in [0.1, 0.15) is 30.0 Å². The summed E-state index contributed by atoms with van der Waals surface area (Å²) in [4.78, 5) is 15.8. The number of halogens is 3. The second-order valence-corrected chi connectivity index (χ2v) is 6.91. The minimum Gasteiger partial charge on any atom is -0.457 e. The van der Waals surface area contributed by atoms with Gasteiger partial charge in [0.05, 0.1) is 22.8 Å². The lowest BCUT2D eigenvalue weighted by Crippen LogP contribution is -2.02. The highest BCUT2D eigenvalue weighted by atomic mass is 35.5. The average Bonchev–Trinajstić information content (AvgIpc) is 3.24. The van der Waals surface area contributed by atoms with Gasteiger partial charge in [0.15, 0.2) is 22.4 Å². The molecule has 154 valence electrons. The van der Waals surface area contributed by atoms with Gasteiger partial charge in [0, 0.05) is 17.8 Å². The Morgan fingerprint density at radius 2 is 1.90 bits per heavy atom. The van der Waals surface area contributed by atoms with Crippen molar-refractivity contribution in [2.45, 2.75) is 6.92 Å². The van der Waals surface area contributed by atoms with Crippen molar-refractivity contribution in [1.82, 2.24) is 29.5 Å². The second-order valence-electron chi connectivity index (χ2n) is 6.55. The van der Waals surface area contributed by atoms with Gasteiger partial charge in [-0.2, -0.15) is 5.10 Å². The van der Waals surface area contributed by atoms with Crippen molar-refractivity contribution in [1.29, 1.82) is 0 Å². The zero-order valence-electron chi connectivity index (χ0n) is 15.8. The first-order chi connectivity index (χ1) is 15.0. The number of nitrogens with zero attached hydrogens (tertiary/aromatic N) is 6. The number of pyridine rings is 2. The summed E-state index contributed by atoms with van der Waals surface area (Å²) in [5.74, 6) is -0.500. The smallest absolute Gasteiger partial charge is 0.173 e. The monoisotopic (exact) mass is 439 g/mol. The molecule has 0 aliphatic carbocycles. The van der Waals surface area contributed by atoms with Gasteiger partial charge in [-0.25, -0.2) is 33.2 Å². The van der Waals surface area contributed by atoms with Crippen LogP contribution in [-0.2, 0) is 0 Å². The molecule has 5 rings (SSSR count). The Labute approximate surface area is 178 Å². The number of ether oxygens (including phenoxy) is 1. The molecule has 0 amide bonds. The van der Waals surface area contributed by atoms with Crippen LogP contribution in [0.1, 0.15) is 5.56 Å². The molecule has 0 saturated heterocycles. The third-order valence-corrected chi connectivity index (χ3v) is 4.91. The van der Waals surface area contributed by atoms with Crippen molar-refractivity contribution in [2.75, 3.05) is 5.32 Å². The van der Waals surface area contributed by atoms with Crippen LogP contribution in [0.2, 0.25) is 5.15 Å². The topological polar surface area (TPSA) is 90.1 Å². The molecule has 0 saturated carbocycles. The SMILES string of the molecule is Cc1c(Oc2ccn3ncnc3c2)ccc(Nc2ncnc3cnc(Cl)c(F)c23)c1F. The zero-order chi connectivity index (χ0) is 21.5. The van der Waals surface area contributed by atoms with Crippen molar-refractivity contribution >= 4 is 39.7 Å². The summed E-state index contributed by atoms with van der Waals surface area (Å²) in [6.07, 6.45) is 5.66. The standard InChI is InChI=1S/C20H12ClF2N7O/c1-10-14(31-11-4-5-30-15(6-11)26-9-28-30)3-2-12(17(10)22)29-20-16-13(25-8-27-20)7-24-19(21)18(16)23/h2-9H,1H3,(H,25,27,29). The summed E-state index contributed by atoms with van der Waals surface area (Å²) in [6, 6.07) is 6.45. The summed E-state index contributed by atoms with van der Waals surface area (Å²) in [5.41, 5.74) is 1.18. The number of fused-ring (bicyclic) bond motifs is 2. The maximum atomic E-state index is 15.1. The molecule has 4 heterocycles. The van der Waals surface area contributed by atoms with Gasteiger partial charge >= 0.3 is 0 Å². The Kier molecular flexibility index (Phi) is 4.55. The van der Waals surface area contributed by atoms with E-state index in [4.69, 9.17) is 16.3 Å². The van der Waals surface area contributed by atoms with Gasteiger partial charge < -0.3 is 10.1 Å². The van der Waals surface area contributed by atoms with Crippen LogP contribution >= 0.6 is 11.6 Å². The summed E-state index contributed by atoms with van der Waals surface area (Å²) in [5, 5.41) is 6.51. The van der Waals surface area contributed by atoms with Crippen LogP contribution in [0.3, 0.4) is 0 Å². The molecule has 0 aliphatic heterocycles. The van der Waals surface area contributed by atoms with Crippen LogP contribution in [0.4, 0.5) is 20.3 Å². The molecule has 0 bridgehead atoms. The highest BCUT2D eigenvalue weighted by Gasteiger charge is 2.17. The molecule has 0 aliphatic rings. The molecule has 0 spiro atoms. The van der Waals surface area contributed by atoms with Crippen LogP contribution in [-0.4, -0.2) is 29.5 Å². The fourth-order valence-electron chi connectivity index (χ4n) is 3.07. The zero-order valence-corrected chi connectivity index (χ0v) is 16.6. The minimum atomic E-state index is -0.789. The first-order valence-corrected chi connectivity index (χ1v) is 9.37. The number of nitrogens with one attached hydrogen (secondary N) is 1. The number of benzene rings is 1. The van der Waals surface area contributed by atoms with E-state index in [0.717, 1.165) is 0 Å². The van der Waals surface area contributed by atoms with Crippen LogP contribution in [0.25, 0.3) is 16.6 Å². The summed E-state index contributed by atoms with van der Waals surface area (Å²) in [6.45, 7) is 1.57. The van der Waals surface area contributed by atoms with Crippen LogP contribution in [0, 0.1) is 18.6 Å². The molecule has 0 radical (unpaired) electrons. The molecule has 11 heteroatoms. The maximum absolute atomic E-state index is 15.1. The molecule has 0 fully saturated rings. The Morgan fingerprint density at radius 3 is 2.77 bits per heavy atom. The van der Waals surface area contributed by atoms with Crippen molar-refractivity contribution in [3.05, 3.63) is 71.7 Å². The van der Waals surface area contributed by atoms with Gasteiger partial charge in [0.2, 0.25) is 0 Å². The van der Waals surface area contributed by atoms with Crippen molar-refractivity contribution in [3.63, 3.8) is 0 Å². The predicted molar refractivity (Wildman–Crippen MR) is 110 cm³/mol. The maximum Gasteiger partial charge on any atom is 0.173 e. The Bertz CT molecular complexity index is 1460. The molecule has 1 N–H and O–H groups in total. The Morgan fingerprint density at radius 1 is 1.03 bits per heavy atom. The third kappa shape index (κ3) is 3.36. The molecule has 4 aromatic heterocycles. The fraction of sp³-hybridized carbons (Fsp3) is 0.0500. The van der Waals surface area contributed by atoms with Gasteiger partial charge in [-0.15, -0.1) is 0 Å². The van der Waals surface area contributed by atoms with E-state index in [0.29, 0.717) is 17.1 Å². The van der Waals surface area contributed by atoms with E-state index in [2.05, 4.69) is 30.4 Å². The molecular formula is C20H12ClF2N7O. The fourth-order valence-corrected chi connectivity index (χ4v) is 3.22. The molecule has 1 aromatic carbocycles. The molecule has 5 aromatic rings. The largest absolute Gasteiger partial charge is 0.457 e. The first kappa shape index (κ1) is 19.1. The highest BCUT2D eigenvalue weighted by molar-refractivity contribution is 6.30. The number of aromatic nitrogens is 6. The lowest BCUT2D eigenvalue weighted by atomic mass is 10.1. The number of anilines is 2. The molecule has 31 heavy (non-hydrogen) atoms. The van der Waals surface area contributed by atoms with Crippen LogP contribution in [0.15, 0.2) is 49.3 Å². The average molecular weight is 440 g/mol. The lowest BCUT2D eigenvalue weighted by molar-refractivity contribution is 0.471. The van der Waals surface area contributed by atoms with Gasteiger partial charge in [-0.1, -0.05) is 11.6 Å². The Balaban J connectivity index is 1.48. The quantitative estimate of drug-likeness (QED) is 0.400. The summed E-state index contributed by atoms with van der Waals surface area (Å²) >= 11 is 5.78. The van der Waals surface area contributed by atoms with E-state index in [-0.39, 0.29) is 33.1 Å². The summed E-state index contributed by atoms with van der Waals surface area (Å²) < 4.78 is 37.0. The van der Waals surface area contributed by atoms with E-state index < -0.39 is 11.6 Å². The van der Waals surface area contributed by atoms with E-state index in [9.17, 15) is 4.39 Å². The third-order valence-electron chi connectivity index (χ3n) is 4.65. The summed E-state index contributed by atoms with van der Waals surface area (Å²) in [7, 11) is 0. The van der Waals surface area contributed by atoms with Crippen molar-refractivity contribution < 1.29 is 13.5 Å². The number of hydrogen-bond acceptors (Lipinski definition) is 7. The number of hydrogen-bond donors (Lipinski definition) is 1. The van der Waals surface area contributed by atoms with Crippen molar-refractivity contribution in [2.24, 2.45) is 0 Å². The van der Waals surface area contributed by atoms with E-state index in [1.807, 2.05) is 0 Å². The van der Waals surface area contributed by atoms with E-state index in [1.54, 1.807) is 35.8 Å². The second kappa shape index (κ2) is 7.40. The number of rotatable bonds is 4. The van der Waals surface area contributed by atoms with Gasteiger partial charge in [-0.05, 0) is 25.1 Å². The Hall–Kier alpha value is -3.92. The van der Waals surface area contributed by atoms with Crippen molar-refractivity contribution in [3.8, 4) is 11.5 Å². The normalized spacial score (nSPS) is 11.2. The molecule has 0 atom stereocenters. The predicted octanol–water partition coefficient (Wildman–Crippen LogP) is 4.84. The lowest BCUT2D eigenvalue weighted by Gasteiger charge is -2.14.